The molecule has 0 atom stereocenters. The molecule has 0 aliphatic carbocycles. The molecule has 100 valence electrons. The summed E-state index contributed by atoms with van der Waals surface area (Å²) < 4.78 is 0. The van der Waals surface area contributed by atoms with Crippen molar-refractivity contribution in [1.82, 2.24) is 9.80 Å². The lowest BCUT2D eigenvalue weighted by molar-refractivity contribution is -0.133. The van der Waals surface area contributed by atoms with Gasteiger partial charge in [0, 0.05) is 32.2 Å². The van der Waals surface area contributed by atoms with E-state index in [-0.39, 0.29) is 12.5 Å². The van der Waals surface area contributed by atoms with Gasteiger partial charge in [-0.25, -0.2) is 0 Å². The second kappa shape index (κ2) is 7.63. The third-order valence-corrected chi connectivity index (χ3v) is 3.21. The minimum absolute atomic E-state index is 0.0383. The molecule has 17 heavy (non-hydrogen) atoms. The van der Waals surface area contributed by atoms with Crippen LogP contribution in [0.3, 0.4) is 0 Å². The number of aliphatic hydroxyl groups excluding tert-OH is 1. The number of carbonyl (C=O) groups excluding carboxylic acids is 1. The molecule has 0 saturated carbocycles. The van der Waals surface area contributed by atoms with Crippen molar-refractivity contribution in [1.29, 1.82) is 0 Å². The Bertz CT molecular complexity index is 222. The molecule has 1 fully saturated rings. The Balaban J connectivity index is 2.35. The number of nitrogens with zero attached hydrogens (tertiary/aromatic N) is 2. The largest absolute Gasteiger partial charge is 0.395 e. The SMILES string of the molecule is CCCN(CCO)C(=O)CN1CCC(N)CC1. The van der Waals surface area contributed by atoms with Gasteiger partial charge in [0.1, 0.15) is 0 Å². The van der Waals surface area contributed by atoms with Crippen molar-refractivity contribution in [3.8, 4) is 0 Å². The molecule has 0 radical (unpaired) electrons. The van der Waals surface area contributed by atoms with Gasteiger partial charge in [-0.2, -0.15) is 0 Å². The average molecular weight is 243 g/mol. The molecular formula is C12H25N3O2. The zero-order valence-corrected chi connectivity index (χ0v) is 10.8. The molecule has 0 aromatic carbocycles. The Morgan fingerprint density at radius 3 is 2.59 bits per heavy atom. The number of hydrogen-bond acceptors (Lipinski definition) is 4. The first-order valence-corrected chi connectivity index (χ1v) is 6.54. The van der Waals surface area contributed by atoms with Crippen LogP contribution in [0.1, 0.15) is 26.2 Å². The molecule has 1 amide bonds. The van der Waals surface area contributed by atoms with E-state index in [4.69, 9.17) is 10.8 Å². The molecule has 0 aromatic rings. The summed E-state index contributed by atoms with van der Waals surface area (Å²) >= 11 is 0. The van der Waals surface area contributed by atoms with Crippen LogP contribution < -0.4 is 5.73 Å². The Morgan fingerprint density at radius 1 is 1.41 bits per heavy atom. The maximum absolute atomic E-state index is 12.0. The average Bonchev–Trinajstić information content (AvgIpc) is 2.32. The third-order valence-electron chi connectivity index (χ3n) is 3.21. The number of piperidine rings is 1. The molecule has 3 N–H and O–H groups in total. The maximum atomic E-state index is 12.0. The predicted octanol–water partition coefficient (Wildman–Crippen LogP) is -0.360. The van der Waals surface area contributed by atoms with Gasteiger partial charge in [0.05, 0.1) is 13.2 Å². The van der Waals surface area contributed by atoms with Crippen LogP contribution in [0.2, 0.25) is 0 Å². The van der Waals surface area contributed by atoms with Crippen LogP contribution in [-0.4, -0.2) is 66.2 Å². The van der Waals surface area contributed by atoms with Gasteiger partial charge in [-0.15, -0.1) is 0 Å². The molecule has 1 rings (SSSR count). The number of rotatable bonds is 6. The molecule has 1 heterocycles. The van der Waals surface area contributed by atoms with E-state index in [1.165, 1.54) is 0 Å². The van der Waals surface area contributed by atoms with E-state index in [1.54, 1.807) is 4.90 Å². The van der Waals surface area contributed by atoms with Crippen molar-refractivity contribution in [3.63, 3.8) is 0 Å². The highest BCUT2D eigenvalue weighted by Crippen LogP contribution is 2.08. The fourth-order valence-corrected chi connectivity index (χ4v) is 2.15. The summed E-state index contributed by atoms with van der Waals surface area (Å²) in [5.74, 6) is 0.122. The summed E-state index contributed by atoms with van der Waals surface area (Å²) in [5.41, 5.74) is 5.83. The fourth-order valence-electron chi connectivity index (χ4n) is 2.15. The first-order chi connectivity index (χ1) is 8.17. The topological polar surface area (TPSA) is 69.8 Å². The molecule has 5 heteroatoms. The lowest BCUT2D eigenvalue weighted by atomic mass is 10.1. The molecule has 5 nitrogen and oxygen atoms in total. The molecule has 1 saturated heterocycles. The second-order valence-corrected chi connectivity index (χ2v) is 4.72. The second-order valence-electron chi connectivity index (χ2n) is 4.72. The Labute approximate surface area is 104 Å². The van der Waals surface area contributed by atoms with Gasteiger partial charge < -0.3 is 15.7 Å². The fraction of sp³-hybridized carbons (Fsp3) is 0.917. The van der Waals surface area contributed by atoms with Crippen molar-refractivity contribution in [2.45, 2.75) is 32.2 Å². The Hall–Kier alpha value is -0.650. The number of nitrogens with two attached hydrogens (primary N) is 1. The van der Waals surface area contributed by atoms with E-state index in [0.29, 0.717) is 19.1 Å². The highest BCUT2D eigenvalue weighted by molar-refractivity contribution is 5.78. The van der Waals surface area contributed by atoms with Crippen LogP contribution >= 0.6 is 0 Å². The van der Waals surface area contributed by atoms with E-state index in [0.717, 1.165) is 38.9 Å². The molecule has 0 unspecified atom stereocenters. The molecule has 0 aromatic heterocycles. The lowest BCUT2D eigenvalue weighted by Gasteiger charge is -2.31. The van der Waals surface area contributed by atoms with Gasteiger partial charge in [-0.3, -0.25) is 9.69 Å². The van der Waals surface area contributed by atoms with E-state index in [2.05, 4.69) is 4.90 Å². The van der Waals surface area contributed by atoms with Gasteiger partial charge in [0.2, 0.25) is 5.91 Å². The molecular weight excluding hydrogens is 218 g/mol. The molecule has 1 aliphatic heterocycles. The van der Waals surface area contributed by atoms with E-state index >= 15 is 0 Å². The summed E-state index contributed by atoms with van der Waals surface area (Å²) in [6.45, 7) is 5.53. The molecule has 1 aliphatic rings. The highest BCUT2D eigenvalue weighted by atomic mass is 16.3. The van der Waals surface area contributed by atoms with Gasteiger partial charge in [-0.1, -0.05) is 6.92 Å². The summed E-state index contributed by atoms with van der Waals surface area (Å²) in [4.78, 5) is 15.9. The van der Waals surface area contributed by atoms with E-state index in [1.807, 2.05) is 6.92 Å². The van der Waals surface area contributed by atoms with Gasteiger partial charge >= 0.3 is 0 Å². The van der Waals surface area contributed by atoms with Crippen LogP contribution in [0.5, 0.6) is 0 Å². The van der Waals surface area contributed by atoms with Crippen LogP contribution in [0.25, 0.3) is 0 Å². The zero-order valence-electron chi connectivity index (χ0n) is 10.8. The summed E-state index contributed by atoms with van der Waals surface area (Å²) in [5, 5.41) is 8.93. The Morgan fingerprint density at radius 2 is 2.06 bits per heavy atom. The third kappa shape index (κ3) is 5.02. The monoisotopic (exact) mass is 243 g/mol. The number of hydrogen-bond donors (Lipinski definition) is 2. The predicted molar refractivity (Wildman–Crippen MR) is 67.6 cm³/mol. The first kappa shape index (κ1) is 14.4. The Kier molecular flexibility index (Phi) is 6.47. The number of aliphatic hydroxyl groups is 1. The zero-order chi connectivity index (χ0) is 12.7. The normalized spacial score (nSPS) is 18.3. The number of amides is 1. The summed E-state index contributed by atoms with van der Waals surface area (Å²) in [6.07, 6.45) is 2.87. The van der Waals surface area contributed by atoms with Gasteiger partial charge in [0.25, 0.3) is 0 Å². The molecule has 0 spiro atoms. The smallest absolute Gasteiger partial charge is 0.236 e. The lowest BCUT2D eigenvalue weighted by Crippen LogP contribution is -2.46. The standard InChI is InChI=1S/C12H25N3O2/c1-2-5-15(8-9-16)12(17)10-14-6-3-11(13)4-7-14/h11,16H,2-10,13H2,1H3. The van der Waals surface area contributed by atoms with Crippen molar-refractivity contribution >= 4 is 5.91 Å². The van der Waals surface area contributed by atoms with Crippen LogP contribution in [0.15, 0.2) is 0 Å². The minimum Gasteiger partial charge on any atom is -0.395 e. The van der Waals surface area contributed by atoms with Crippen LogP contribution in [0.4, 0.5) is 0 Å². The number of likely N-dealkylation sites (tertiary alicyclic amines) is 1. The van der Waals surface area contributed by atoms with Crippen LogP contribution in [-0.2, 0) is 4.79 Å². The summed E-state index contributed by atoms with van der Waals surface area (Å²) in [7, 11) is 0. The quantitative estimate of drug-likeness (QED) is 0.668. The maximum Gasteiger partial charge on any atom is 0.236 e. The minimum atomic E-state index is 0.0383. The van der Waals surface area contributed by atoms with E-state index < -0.39 is 0 Å². The van der Waals surface area contributed by atoms with E-state index in [9.17, 15) is 4.79 Å². The van der Waals surface area contributed by atoms with Gasteiger partial charge in [-0.05, 0) is 19.3 Å². The van der Waals surface area contributed by atoms with Crippen molar-refractivity contribution in [2.75, 3.05) is 39.3 Å². The van der Waals surface area contributed by atoms with Crippen molar-refractivity contribution < 1.29 is 9.90 Å². The van der Waals surface area contributed by atoms with Crippen molar-refractivity contribution in [3.05, 3.63) is 0 Å². The summed E-state index contributed by atoms with van der Waals surface area (Å²) in [6, 6.07) is 0.297. The van der Waals surface area contributed by atoms with Gasteiger partial charge in [0.15, 0.2) is 0 Å². The number of carbonyl (C=O) groups is 1. The highest BCUT2D eigenvalue weighted by Gasteiger charge is 2.20. The molecule has 0 bridgehead atoms. The first-order valence-electron chi connectivity index (χ1n) is 6.54. The van der Waals surface area contributed by atoms with Crippen LogP contribution in [0, 0.1) is 0 Å². The van der Waals surface area contributed by atoms with Crippen molar-refractivity contribution in [2.24, 2.45) is 5.73 Å².